The minimum absolute atomic E-state index is 0.0939. The first-order valence-corrected chi connectivity index (χ1v) is 8.55. The molecule has 0 saturated carbocycles. The number of carbonyl (C=O) groups excluding carboxylic acids is 1. The van der Waals surface area contributed by atoms with Crippen LogP contribution in [0, 0.1) is 5.41 Å². The highest BCUT2D eigenvalue weighted by Crippen LogP contribution is 2.22. The second-order valence-corrected chi connectivity index (χ2v) is 7.36. The standard InChI is InChI=1S/C17H22N2O3S/c1-17(2,16(21)22)11-18-14(20)9-5-6-10-15-19-12-7-3-4-8-13(12)23-15/h3-4,7-8H,5-6,9-11H2,1-2H3,(H,18,20)(H,21,22). The molecule has 0 saturated heterocycles. The third kappa shape index (κ3) is 5.03. The average molecular weight is 334 g/mol. The summed E-state index contributed by atoms with van der Waals surface area (Å²) in [6.45, 7) is 3.35. The molecule has 0 aliphatic heterocycles. The predicted octanol–water partition coefficient (Wildman–Crippen LogP) is 3.24. The number of hydrogen-bond donors (Lipinski definition) is 2. The quantitative estimate of drug-likeness (QED) is 0.726. The van der Waals surface area contributed by atoms with Crippen molar-refractivity contribution >= 4 is 33.4 Å². The molecular formula is C17H22N2O3S. The number of benzene rings is 1. The summed E-state index contributed by atoms with van der Waals surface area (Å²) < 4.78 is 1.19. The Kier molecular flexibility index (Phi) is 5.71. The Bertz CT molecular complexity index is 661. The molecule has 0 unspecified atom stereocenters. The van der Waals surface area contributed by atoms with Crippen LogP contribution in [0.5, 0.6) is 0 Å². The molecule has 2 aromatic rings. The first-order chi connectivity index (χ1) is 10.9. The number of rotatable bonds is 8. The first-order valence-electron chi connectivity index (χ1n) is 7.73. The lowest BCUT2D eigenvalue weighted by atomic mass is 9.94. The van der Waals surface area contributed by atoms with Crippen molar-refractivity contribution in [3.05, 3.63) is 29.3 Å². The zero-order chi connectivity index (χ0) is 16.9. The maximum atomic E-state index is 11.7. The van der Waals surface area contributed by atoms with Gasteiger partial charge in [0.2, 0.25) is 5.91 Å². The van der Waals surface area contributed by atoms with Crippen LogP contribution in [0.15, 0.2) is 24.3 Å². The summed E-state index contributed by atoms with van der Waals surface area (Å²) in [7, 11) is 0. The zero-order valence-corrected chi connectivity index (χ0v) is 14.3. The number of nitrogens with one attached hydrogen (secondary N) is 1. The molecule has 0 fully saturated rings. The molecule has 5 nitrogen and oxygen atoms in total. The number of amides is 1. The number of carboxylic acids is 1. The number of aromatic nitrogens is 1. The molecule has 0 spiro atoms. The lowest BCUT2D eigenvalue weighted by Gasteiger charge is -2.19. The largest absolute Gasteiger partial charge is 0.481 e. The molecule has 1 amide bonds. The van der Waals surface area contributed by atoms with E-state index in [-0.39, 0.29) is 12.5 Å². The molecule has 2 rings (SSSR count). The average Bonchev–Trinajstić information content (AvgIpc) is 2.92. The number of hydrogen-bond acceptors (Lipinski definition) is 4. The van der Waals surface area contributed by atoms with Gasteiger partial charge in [0.1, 0.15) is 0 Å². The van der Waals surface area contributed by atoms with Gasteiger partial charge in [0.25, 0.3) is 0 Å². The highest BCUT2D eigenvalue weighted by molar-refractivity contribution is 7.18. The summed E-state index contributed by atoms with van der Waals surface area (Å²) in [5.74, 6) is -1.00. The van der Waals surface area contributed by atoms with Crippen molar-refractivity contribution < 1.29 is 14.7 Å². The summed E-state index contributed by atoms with van der Waals surface area (Å²) >= 11 is 1.70. The molecule has 0 aliphatic carbocycles. The van der Waals surface area contributed by atoms with Crippen molar-refractivity contribution in [3.63, 3.8) is 0 Å². The Labute approximate surface area is 139 Å². The molecule has 1 aromatic carbocycles. The van der Waals surface area contributed by atoms with E-state index in [1.54, 1.807) is 25.2 Å². The van der Waals surface area contributed by atoms with E-state index in [2.05, 4.69) is 16.4 Å². The van der Waals surface area contributed by atoms with Crippen molar-refractivity contribution in [2.24, 2.45) is 5.41 Å². The molecule has 2 N–H and O–H groups in total. The van der Waals surface area contributed by atoms with Crippen LogP contribution in [0.4, 0.5) is 0 Å². The molecule has 0 aliphatic rings. The van der Waals surface area contributed by atoms with Gasteiger partial charge in [-0.25, -0.2) is 4.98 Å². The Morgan fingerprint density at radius 1 is 1.26 bits per heavy atom. The molecule has 0 bridgehead atoms. The van der Waals surface area contributed by atoms with Gasteiger partial charge in [-0.05, 0) is 45.2 Å². The van der Waals surface area contributed by atoms with Crippen LogP contribution in [0.2, 0.25) is 0 Å². The number of para-hydroxylation sites is 1. The van der Waals surface area contributed by atoms with Crippen molar-refractivity contribution in [2.45, 2.75) is 39.5 Å². The first kappa shape index (κ1) is 17.4. The zero-order valence-electron chi connectivity index (χ0n) is 13.5. The maximum absolute atomic E-state index is 11.7. The number of thiazole rings is 1. The third-order valence-electron chi connectivity index (χ3n) is 3.69. The van der Waals surface area contributed by atoms with Crippen LogP contribution < -0.4 is 5.32 Å². The monoisotopic (exact) mass is 334 g/mol. The molecule has 0 atom stereocenters. The van der Waals surface area contributed by atoms with E-state index < -0.39 is 11.4 Å². The van der Waals surface area contributed by atoms with Crippen LogP contribution in [0.1, 0.15) is 38.1 Å². The van der Waals surface area contributed by atoms with Gasteiger partial charge in [0, 0.05) is 13.0 Å². The normalized spacial score (nSPS) is 11.6. The molecular weight excluding hydrogens is 312 g/mol. The van der Waals surface area contributed by atoms with Gasteiger partial charge in [-0.15, -0.1) is 11.3 Å². The van der Waals surface area contributed by atoms with E-state index in [1.807, 2.05) is 18.2 Å². The van der Waals surface area contributed by atoms with Gasteiger partial charge < -0.3 is 10.4 Å². The van der Waals surface area contributed by atoms with E-state index in [1.165, 1.54) is 4.70 Å². The third-order valence-corrected chi connectivity index (χ3v) is 4.79. The number of unbranched alkanes of at least 4 members (excludes halogenated alkanes) is 1. The summed E-state index contributed by atoms with van der Waals surface area (Å²) in [4.78, 5) is 27.3. The van der Waals surface area contributed by atoms with E-state index in [0.29, 0.717) is 6.42 Å². The highest BCUT2D eigenvalue weighted by Gasteiger charge is 2.27. The second kappa shape index (κ2) is 7.55. The number of aryl methyl sites for hydroxylation is 1. The smallest absolute Gasteiger partial charge is 0.310 e. The summed E-state index contributed by atoms with van der Waals surface area (Å²) in [6, 6.07) is 8.06. The van der Waals surface area contributed by atoms with Crippen molar-refractivity contribution in [1.29, 1.82) is 0 Å². The number of fused-ring (bicyclic) bond motifs is 1. The van der Waals surface area contributed by atoms with Gasteiger partial charge in [0.15, 0.2) is 0 Å². The second-order valence-electron chi connectivity index (χ2n) is 6.25. The van der Waals surface area contributed by atoms with Crippen molar-refractivity contribution in [3.8, 4) is 0 Å². The lowest BCUT2D eigenvalue weighted by molar-refractivity contribution is -0.146. The molecule has 23 heavy (non-hydrogen) atoms. The fraction of sp³-hybridized carbons (Fsp3) is 0.471. The number of carbonyl (C=O) groups is 2. The van der Waals surface area contributed by atoms with E-state index in [4.69, 9.17) is 5.11 Å². The van der Waals surface area contributed by atoms with Gasteiger partial charge >= 0.3 is 5.97 Å². The van der Waals surface area contributed by atoms with Crippen molar-refractivity contribution in [2.75, 3.05) is 6.54 Å². The van der Waals surface area contributed by atoms with E-state index in [0.717, 1.165) is 29.8 Å². The maximum Gasteiger partial charge on any atom is 0.310 e. The van der Waals surface area contributed by atoms with Crippen LogP contribution in [0.25, 0.3) is 10.2 Å². The van der Waals surface area contributed by atoms with Crippen LogP contribution in [0.3, 0.4) is 0 Å². The SMILES string of the molecule is CC(C)(CNC(=O)CCCCc1nc2ccccc2s1)C(=O)O. The van der Waals surface area contributed by atoms with Crippen molar-refractivity contribution in [1.82, 2.24) is 10.3 Å². The van der Waals surface area contributed by atoms with Crippen LogP contribution in [-0.2, 0) is 16.0 Å². The molecule has 124 valence electrons. The van der Waals surface area contributed by atoms with E-state index >= 15 is 0 Å². The number of aliphatic carboxylic acids is 1. The van der Waals surface area contributed by atoms with Gasteiger partial charge in [-0.1, -0.05) is 12.1 Å². The molecule has 6 heteroatoms. The Hall–Kier alpha value is -1.95. The van der Waals surface area contributed by atoms with Gasteiger partial charge in [-0.3, -0.25) is 9.59 Å². The highest BCUT2D eigenvalue weighted by atomic mass is 32.1. The number of carboxylic acid groups (broad SMARTS) is 1. The Balaban J connectivity index is 1.69. The minimum atomic E-state index is -0.934. The topological polar surface area (TPSA) is 79.3 Å². The summed E-state index contributed by atoms with van der Waals surface area (Å²) in [5, 5.41) is 12.8. The van der Waals surface area contributed by atoms with Gasteiger partial charge in [0.05, 0.1) is 20.6 Å². The minimum Gasteiger partial charge on any atom is -0.481 e. The lowest BCUT2D eigenvalue weighted by Crippen LogP contribution is -2.38. The molecule has 0 radical (unpaired) electrons. The Morgan fingerprint density at radius 2 is 2.00 bits per heavy atom. The fourth-order valence-corrected chi connectivity index (χ4v) is 3.08. The summed E-state index contributed by atoms with van der Waals surface area (Å²) in [6.07, 6.45) is 2.96. The van der Waals surface area contributed by atoms with E-state index in [9.17, 15) is 9.59 Å². The Morgan fingerprint density at radius 3 is 2.70 bits per heavy atom. The molecule has 1 aromatic heterocycles. The van der Waals surface area contributed by atoms with Crippen LogP contribution >= 0.6 is 11.3 Å². The fourth-order valence-electron chi connectivity index (χ4n) is 2.07. The van der Waals surface area contributed by atoms with Gasteiger partial charge in [-0.2, -0.15) is 0 Å². The molecule has 1 heterocycles. The summed E-state index contributed by atoms with van der Waals surface area (Å²) in [5.41, 5.74) is 0.0950. The van der Waals surface area contributed by atoms with Crippen LogP contribution in [-0.4, -0.2) is 28.5 Å². The predicted molar refractivity (Wildman–Crippen MR) is 91.6 cm³/mol. The number of nitrogens with zero attached hydrogens (tertiary/aromatic N) is 1.